The lowest BCUT2D eigenvalue weighted by atomic mass is 10.0. The molecule has 70 valence electrons. The SMILES string of the molecule is CC(C)N(C)C1CCC(=O)NC1. The van der Waals surface area contributed by atoms with Crippen molar-refractivity contribution in [1.29, 1.82) is 0 Å². The third-order valence-electron chi connectivity index (χ3n) is 2.63. The molecule has 1 heterocycles. The second-order valence-corrected chi connectivity index (χ2v) is 3.76. The molecule has 0 radical (unpaired) electrons. The number of nitrogens with one attached hydrogen (secondary N) is 1. The predicted molar refractivity (Wildman–Crippen MR) is 48.9 cm³/mol. The molecule has 1 rings (SSSR count). The lowest BCUT2D eigenvalue weighted by molar-refractivity contribution is -0.123. The van der Waals surface area contributed by atoms with Gasteiger partial charge >= 0.3 is 0 Å². The third kappa shape index (κ3) is 2.21. The van der Waals surface area contributed by atoms with E-state index in [1.165, 1.54) is 0 Å². The van der Waals surface area contributed by atoms with E-state index in [4.69, 9.17) is 0 Å². The van der Waals surface area contributed by atoms with Crippen LogP contribution in [0.5, 0.6) is 0 Å². The quantitative estimate of drug-likeness (QED) is 0.658. The van der Waals surface area contributed by atoms with E-state index < -0.39 is 0 Å². The van der Waals surface area contributed by atoms with E-state index >= 15 is 0 Å². The van der Waals surface area contributed by atoms with Crippen molar-refractivity contribution < 1.29 is 4.79 Å². The van der Waals surface area contributed by atoms with Gasteiger partial charge in [-0.1, -0.05) is 0 Å². The zero-order chi connectivity index (χ0) is 9.14. The minimum Gasteiger partial charge on any atom is -0.355 e. The number of carbonyl (C=O) groups excluding carboxylic acids is 1. The van der Waals surface area contributed by atoms with Crippen molar-refractivity contribution >= 4 is 5.91 Å². The van der Waals surface area contributed by atoms with Crippen molar-refractivity contribution in [3.05, 3.63) is 0 Å². The highest BCUT2D eigenvalue weighted by Gasteiger charge is 2.22. The summed E-state index contributed by atoms with van der Waals surface area (Å²) in [5.41, 5.74) is 0. The minimum absolute atomic E-state index is 0.198. The molecule has 1 aliphatic heterocycles. The topological polar surface area (TPSA) is 32.3 Å². The molecule has 1 aliphatic rings. The van der Waals surface area contributed by atoms with Gasteiger partial charge in [-0.3, -0.25) is 9.69 Å². The summed E-state index contributed by atoms with van der Waals surface area (Å²) in [6, 6.07) is 1.09. The van der Waals surface area contributed by atoms with E-state index in [9.17, 15) is 4.79 Å². The number of amides is 1. The average Bonchev–Trinajstić information content (AvgIpc) is 2.04. The van der Waals surface area contributed by atoms with Crippen LogP contribution in [0.3, 0.4) is 0 Å². The van der Waals surface area contributed by atoms with Crippen LogP contribution in [0.15, 0.2) is 0 Å². The van der Waals surface area contributed by atoms with E-state index in [2.05, 4.69) is 31.1 Å². The summed E-state index contributed by atoms with van der Waals surface area (Å²) in [6.45, 7) is 5.17. The molecule has 12 heavy (non-hydrogen) atoms. The van der Waals surface area contributed by atoms with Gasteiger partial charge in [0.15, 0.2) is 0 Å². The summed E-state index contributed by atoms with van der Waals surface area (Å²) < 4.78 is 0. The maximum absolute atomic E-state index is 10.9. The highest BCUT2D eigenvalue weighted by atomic mass is 16.1. The molecule has 0 aromatic heterocycles. The van der Waals surface area contributed by atoms with E-state index in [-0.39, 0.29) is 5.91 Å². The van der Waals surface area contributed by atoms with Gasteiger partial charge in [0.25, 0.3) is 0 Å². The fourth-order valence-electron chi connectivity index (χ4n) is 1.49. The van der Waals surface area contributed by atoms with Crippen LogP contribution in [0.1, 0.15) is 26.7 Å². The van der Waals surface area contributed by atoms with Crippen LogP contribution in [-0.4, -0.2) is 36.5 Å². The van der Waals surface area contributed by atoms with Crippen LogP contribution in [0.2, 0.25) is 0 Å². The number of piperidine rings is 1. The summed E-state index contributed by atoms with van der Waals surface area (Å²) in [5.74, 6) is 0.198. The van der Waals surface area contributed by atoms with Crippen molar-refractivity contribution in [1.82, 2.24) is 10.2 Å². The van der Waals surface area contributed by atoms with Crippen LogP contribution in [0, 0.1) is 0 Å². The Bertz CT molecular complexity index is 158. The second-order valence-electron chi connectivity index (χ2n) is 3.76. The smallest absolute Gasteiger partial charge is 0.220 e. The molecule has 0 bridgehead atoms. The Hall–Kier alpha value is -0.570. The van der Waals surface area contributed by atoms with Gasteiger partial charge in [0, 0.05) is 25.0 Å². The summed E-state index contributed by atoms with van der Waals surface area (Å²) in [7, 11) is 2.12. The summed E-state index contributed by atoms with van der Waals surface area (Å²) in [6.07, 6.45) is 1.68. The molecule has 0 spiro atoms. The standard InChI is InChI=1S/C9H18N2O/c1-7(2)11(3)8-4-5-9(12)10-6-8/h7-8H,4-6H2,1-3H3,(H,10,12). The van der Waals surface area contributed by atoms with Gasteiger partial charge in [0.05, 0.1) is 0 Å². The van der Waals surface area contributed by atoms with Gasteiger partial charge in [-0.05, 0) is 27.3 Å². The molecule has 1 saturated heterocycles. The normalized spacial score (nSPS) is 24.8. The van der Waals surface area contributed by atoms with Crippen LogP contribution < -0.4 is 5.32 Å². The Labute approximate surface area is 74.1 Å². The molecule has 1 fully saturated rings. The number of likely N-dealkylation sites (N-methyl/N-ethyl adjacent to an activating group) is 1. The van der Waals surface area contributed by atoms with Gasteiger partial charge in [-0.2, -0.15) is 0 Å². The number of hydrogen-bond donors (Lipinski definition) is 1. The Morgan fingerprint density at radius 1 is 1.58 bits per heavy atom. The fourth-order valence-corrected chi connectivity index (χ4v) is 1.49. The van der Waals surface area contributed by atoms with Crippen molar-refractivity contribution in [2.75, 3.05) is 13.6 Å². The highest BCUT2D eigenvalue weighted by Crippen LogP contribution is 2.11. The van der Waals surface area contributed by atoms with Crippen molar-refractivity contribution in [3.8, 4) is 0 Å². The molecule has 3 heteroatoms. The van der Waals surface area contributed by atoms with Crippen LogP contribution >= 0.6 is 0 Å². The maximum atomic E-state index is 10.9. The van der Waals surface area contributed by atoms with Gasteiger partial charge in [0.1, 0.15) is 0 Å². The zero-order valence-corrected chi connectivity index (χ0v) is 8.13. The molecule has 1 amide bonds. The van der Waals surface area contributed by atoms with E-state index in [1.807, 2.05) is 0 Å². The Kier molecular flexibility index (Phi) is 3.09. The van der Waals surface area contributed by atoms with E-state index in [0.29, 0.717) is 18.5 Å². The Morgan fingerprint density at radius 2 is 2.25 bits per heavy atom. The number of nitrogens with zero attached hydrogens (tertiary/aromatic N) is 1. The van der Waals surface area contributed by atoms with Gasteiger partial charge in [0.2, 0.25) is 5.91 Å². The lowest BCUT2D eigenvalue weighted by Crippen LogP contribution is -2.48. The molecular formula is C9H18N2O. The molecule has 0 saturated carbocycles. The lowest BCUT2D eigenvalue weighted by Gasteiger charge is -2.33. The molecule has 0 aliphatic carbocycles. The first kappa shape index (κ1) is 9.52. The molecule has 0 aromatic rings. The summed E-state index contributed by atoms with van der Waals surface area (Å²) in [4.78, 5) is 13.2. The monoisotopic (exact) mass is 170 g/mol. The highest BCUT2D eigenvalue weighted by molar-refractivity contribution is 5.76. The molecule has 1 N–H and O–H groups in total. The molecule has 3 nitrogen and oxygen atoms in total. The molecular weight excluding hydrogens is 152 g/mol. The largest absolute Gasteiger partial charge is 0.355 e. The summed E-state index contributed by atoms with van der Waals surface area (Å²) in [5, 5.41) is 2.89. The molecule has 1 unspecified atom stereocenters. The van der Waals surface area contributed by atoms with Crippen LogP contribution in [0.4, 0.5) is 0 Å². The molecule has 0 aromatic carbocycles. The third-order valence-corrected chi connectivity index (χ3v) is 2.63. The first-order chi connectivity index (χ1) is 5.61. The van der Waals surface area contributed by atoms with E-state index in [0.717, 1.165) is 13.0 Å². The minimum atomic E-state index is 0.198. The first-order valence-electron chi connectivity index (χ1n) is 4.60. The number of carbonyl (C=O) groups is 1. The summed E-state index contributed by atoms with van der Waals surface area (Å²) >= 11 is 0. The molecule has 1 atom stereocenters. The first-order valence-corrected chi connectivity index (χ1v) is 4.60. The average molecular weight is 170 g/mol. The number of hydrogen-bond acceptors (Lipinski definition) is 2. The van der Waals surface area contributed by atoms with Crippen molar-refractivity contribution in [2.24, 2.45) is 0 Å². The van der Waals surface area contributed by atoms with Crippen molar-refractivity contribution in [3.63, 3.8) is 0 Å². The Morgan fingerprint density at radius 3 is 2.67 bits per heavy atom. The van der Waals surface area contributed by atoms with Crippen LogP contribution in [-0.2, 0) is 4.79 Å². The fraction of sp³-hybridized carbons (Fsp3) is 0.889. The predicted octanol–water partition coefficient (Wildman–Crippen LogP) is 0.605. The van der Waals surface area contributed by atoms with Crippen molar-refractivity contribution in [2.45, 2.75) is 38.8 Å². The zero-order valence-electron chi connectivity index (χ0n) is 8.13. The van der Waals surface area contributed by atoms with Gasteiger partial charge in [-0.15, -0.1) is 0 Å². The maximum Gasteiger partial charge on any atom is 0.220 e. The van der Waals surface area contributed by atoms with Crippen LogP contribution in [0.25, 0.3) is 0 Å². The Balaban J connectivity index is 2.38. The van der Waals surface area contributed by atoms with E-state index in [1.54, 1.807) is 0 Å². The number of rotatable bonds is 2. The van der Waals surface area contributed by atoms with Gasteiger partial charge in [-0.25, -0.2) is 0 Å². The second kappa shape index (κ2) is 3.90. The van der Waals surface area contributed by atoms with Gasteiger partial charge < -0.3 is 5.32 Å².